The summed E-state index contributed by atoms with van der Waals surface area (Å²) in [5, 5.41) is 11.3. The van der Waals surface area contributed by atoms with Gasteiger partial charge in [0, 0.05) is 30.3 Å². The SMILES string of the molecule is COc1ccc([Si](C)(C)[C@H]2[C@H](CC(=O)N(CCO)Cc3ccccc3)O[C@@]3(C(=O)N(Cc4cccc(N5C(=O)c6ccccc6Oc6ccccc65)c4)c4ccccc43)[C@@H]2C)cc1. The number of benzene rings is 6. The molecule has 63 heavy (non-hydrogen) atoms. The number of methoxy groups -OCH3 is 1. The third-order valence-corrected chi connectivity index (χ3v) is 17.6. The van der Waals surface area contributed by atoms with Crippen molar-refractivity contribution in [2.75, 3.05) is 30.1 Å². The van der Waals surface area contributed by atoms with E-state index in [1.165, 1.54) is 5.19 Å². The number of aliphatic hydroxyl groups excluding tert-OH is 1. The van der Waals surface area contributed by atoms with E-state index < -0.39 is 19.8 Å². The molecule has 1 saturated heterocycles. The summed E-state index contributed by atoms with van der Waals surface area (Å²) in [5.41, 5.74) is 3.47. The van der Waals surface area contributed by atoms with Gasteiger partial charge in [0.15, 0.2) is 11.4 Å². The molecule has 0 aromatic heterocycles. The zero-order valence-corrected chi connectivity index (χ0v) is 36.9. The van der Waals surface area contributed by atoms with Crippen LogP contribution < -0.4 is 24.5 Å². The second-order valence-electron chi connectivity index (χ2n) is 17.2. The highest BCUT2D eigenvalue weighted by atomic mass is 28.3. The number of hydrogen-bond acceptors (Lipinski definition) is 7. The summed E-state index contributed by atoms with van der Waals surface area (Å²) >= 11 is 0. The van der Waals surface area contributed by atoms with E-state index in [9.17, 15) is 14.7 Å². The summed E-state index contributed by atoms with van der Waals surface area (Å²) in [6, 6.07) is 48.2. The van der Waals surface area contributed by atoms with Gasteiger partial charge in [0.1, 0.15) is 11.5 Å². The van der Waals surface area contributed by atoms with Crippen LogP contribution in [0.5, 0.6) is 17.2 Å². The van der Waals surface area contributed by atoms with E-state index in [0.29, 0.717) is 35.0 Å². The number of rotatable bonds is 12. The molecule has 1 spiro atoms. The monoisotopic (exact) mass is 857 g/mol. The molecule has 10 nitrogen and oxygen atoms in total. The number of carbonyl (C=O) groups excluding carboxylic acids is 3. The first kappa shape index (κ1) is 41.8. The summed E-state index contributed by atoms with van der Waals surface area (Å²) in [5.74, 6) is 0.924. The summed E-state index contributed by atoms with van der Waals surface area (Å²) in [4.78, 5) is 49.5. The smallest absolute Gasteiger partial charge is 0.266 e. The molecular weight excluding hydrogens is 807 g/mol. The van der Waals surface area contributed by atoms with Gasteiger partial charge in [0.05, 0.1) is 57.8 Å². The fourth-order valence-corrected chi connectivity index (χ4v) is 14.2. The molecule has 3 aliphatic rings. The summed E-state index contributed by atoms with van der Waals surface area (Å²) in [6.45, 7) is 7.27. The van der Waals surface area contributed by atoms with Crippen molar-refractivity contribution in [2.24, 2.45) is 5.92 Å². The Hall–Kier alpha value is -6.53. The first-order valence-electron chi connectivity index (χ1n) is 21.5. The number of hydrogen-bond donors (Lipinski definition) is 1. The molecule has 1 fully saturated rings. The fourth-order valence-electron chi connectivity index (χ4n) is 10.2. The fraction of sp³-hybridized carbons (Fsp3) is 0.250. The molecule has 3 heterocycles. The van der Waals surface area contributed by atoms with Crippen molar-refractivity contribution >= 4 is 48.0 Å². The van der Waals surface area contributed by atoms with Gasteiger partial charge in [-0.15, -0.1) is 0 Å². The Morgan fingerprint density at radius 1 is 0.794 bits per heavy atom. The lowest BCUT2D eigenvalue weighted by atomic mass is 9.82. The number of nitrogens with zero attached hydrogens (tertiary/aromatic N) is 3. The molecule has 4 atom stereocenters. The number of ether oxygens (including phenoxy) is 3. The molecule has 3 amide bonds. The van der Waals surface area contributed by atoms with Crippen LogP contribution in [0.1, 0.15) is 40.4 Å². The normalized spacial score (nSPS) is 20.2. The number of aliphatic hydroxyl groups is 1. The molecule has 0 radical (unpaired) electrons. The minimum Gasteiger partial charge on any atom is -0.497 e. The van der Waals surface area contributed by atoms with Crippen LogP contribution in [0.4, 0.5) is 17.1 Å². The van der Waals surface area contributed by atoms with Crippen molar-refractivity contribution < 1.29 is 33.7 Å². The maximum atomic E-state index is 15.6. The maximum Gasteiger partial charge on any atom is 0.266 e. The molecule has 11 heteroatoms. The summed E-state index contributed by atoms with van der Waals surface area (Å²) < 4.78 is 19.1. The number of anilines is 3. The number of para-hydroxylation sites is 4. The van der Waals surface area contributed by atoms with E-state index in [-0.39, 0.29) is 55.3 Å². The van der Waals surface area contributed by atoms with E-state index in [2.05, 4.69) is 32.2 Å². The standard InChI is InChI=1S/C52H51N3O7Si/c1-35-49(63(3,4)40-27-25-39(60-2)26-28-40)47(32-48(57)53(29-30-56)33-36-15-6-5-7-16-36)62-52(35)42-20-9-10-21-43(42)54(51(52)59)34-37-17-14-18-38(31-37)55-44-22-11-13-24-46(44)61-45-23-12-8-19-41(45)50(55)58/h5-28,31,35,47,49,56H,29-30,32-34H2,1-4H3/t35-,47+,49-,52+/m1/s1. The number of carbonyl (C=O) groups is 3. The Bertz CT molecular complexity index is 2670. The van der Waals surface area contributed by atoms with Crippen LogP contribution in [0, 0.1) is 5.92 Å². The molecule has 0 unspecified atom stereocenters. The van der Waals surface area contributed by atoms with Crippen LogP contribution in [0.25, 0.3) is 0 Å². The second-order valence-corrected chi connectivity index (χ2v) is 21.9. The Morgan fingerprint density at radius 3 is 2.21 bits per heavy atom. The third-order valence-electron chi connectivity index (χ3n) is 13.2. The minimum absolute atomic E-state index is 0.0475. The highest BCUT2D eigenvalue weighted by Gasteiger charge is 2.66. The average Bonchev–Trinajstić information content (AvgIpc) is 3.67. The first-order chi connectivity index (χ1) is 30.5. The highest BCUT2D eigenvalue weighted by molar-refractivity contribution is 6.91. The van der Waals surface area contributed by atoms with Crippen LogP contribution in [-0.2, 0) is 33.0 Å². The van der Waals surface area contributed by atoms with Gasteiger partial charge in [0.25, 0.3) is 11.8 Å². The van der Waals surface area contributed by atoms with Crippen LogP contribution in [-0.4, -0.2) is 62.2 Å². The summed E-state index contributed by atoms with van der Waals surface area (Å²) in [7, 11) is -0.905. The molecule has 320 valence electrons. The van der Waals surface area contributed by atoms with Crippen molar-refractivity contribution in [3.8, 4) is 17.2 Å². The Morgan fingerprint density at radius 2 is 1.46 bits per heavy atom. The minimum atomic E-state index is -2.55. The quantitative estimate of drug-likeness (QED) is 0.123. The van der Waals surface area contributed by atoms with Gasteiger partial charge in [-0.3, -0.25) is 19.3 Å². The van der Waals surface area contributed by atoms with Crippen LogP contribution in [0.2, 0.25) is 18.6 Å². The Kier molecular flexibility index (Phi) is 11.3. The van der Waals surface area contributed by atoms with E-state index in [4.69, 9.17) is 14.2 Å². The van der Waals surface area contributed by atoms with Gasteiger partial charge in [-0.1, -0.05) is 122 Å². The predicted octanol–water partition coefficient (Wildman–Crippen LogP) is 8.95. The molecule has 3 aliphatic heterocycles. The second kappa shape index (κ2) is 17.0. The highest BCUT2D eigenvalue weighted by Crippen LogP contribution is 2.60. The van der Waals surface area contributed by atoms with Gasteiger partial charge in [-0.25, -0.2) is 0 Å². The Balaban J connectivity index is 1.08. The van der Waals surface area contributed by atoms with Gasteiger partial charge >= 0.3 is 0 Å². The topological polar surface area (TPSA) is 109 Å². The molecule has 0 saturated carbocycles. The lowest BCUT2D eigenvalue weighted by molar-refractivity contribution is -0.150. The van der Waals surface area contributed by atoms with Crippen LogP contribution >= 0.6 is 0 Å². The zero-order chi connectivity index (χ0) is 43.9. The predicted molar refractivity (Wildman–Crippen MR) is 247 cm³/mol. The van der Waals surface area contributed by atoms with Crippen molar-refractivity contribution in [3.05, 3.63) is 174 Å². The van der Waals surface area contributed by atoms with E-state index in [1.807, 2.05) is 127 Å². The van der Waals surface area contributed by atoms with Gasteiger partial charge in [0.2, 0.25) is 5.91 Å². The van der Waals surface area contributed by atoms with Gasteiger partial charge in [-0.2, -0.15) is 0 Å². The van der Waals surface area contributed by atoms with Crippen molar-refractivity contribution in [2.45, 2.75) is 56.8 Å². The molecule has 6 aromatic carbocycles. The first-order valence-corrected chi connectivity index (χ1v) is 24.6. The van der Waals surface area contributed by atoms with Crippen molar-refractivity contribution in [1.29, 1.82) is 0 Å². The van der Waals surface area contributed by atoms with E-state index in [0.717, 1.165) is 28.1 Å². The molecular formula is C52H51N3O7Si. The number of amides is 3. The van der Waals surface area contributed by atoms with Crippen LogP contribution in [0.15, 0.2) is 152 Å². The average molecular weight is 858 g/mol. The molecule has 9 rings (SSSR count). The van der Waals surface area contributed by atoms with E-state index in [1.54, 1.807) is 33.9 Å². The van der Waals surface area contributed by atoms with Crippen molar-refractivity contribution in [3.63, 3.8) is 0 Å². The lowest BCUT2D eigenvalue weighted by Gasteiger charge is -2.37. The molecule has 6 aromatic rings. The van der Waals surface area contributed by atoms with Crippen molar-refractivity contribution in [1.82, 2.24) is 4.90 Å². The van der Waals surface area contributed by atoms with Crippen LogP contribution in [0.3, 0.4) is 0 Å². The zero-order valence-electron chi connectivity index (χ0n) is 35.9. The maximum absolute atomic E-state index is 15.6. The molecule has 1 N–H and O–H groups in total. The van der Waals surface area contributed by atoms with E-state index >= 15 is 4.79 Å². The molecule has 0 aliphatic carbocycles. The third kappa shape index (κ3) is 7.39. The summed E-state index contributed by atoms with van der Waals surface area (Å²) in [6.07, 6.45) is -0.556. The Labute approximate surface area is 369 Å². The largest absolute Gasteiger partial charge is 0.497 e. The van der Waals surface area contributed by atoms with Gasteiger partial charge in [-0.05, 0) is 71.3 Å². The number of fused-ring (bicyclic) bond motifs is 4. The lowest BCUT2D eigenvalue weighted by Crippen LogP contribution is -2.52. The molecule has 0 bridgehead atoms. The van der Waals surface area contributed by atoms with Gasteiger partial charge < -0.3 is 29.1 Å².